The van der Waals surface area contributed by atoms with E-state index in [4.69, 9.17) is 0 Å². The standard InChI is InChI=1S/2C54H35N3/c1-3-15-40(16-4-1)55-49-23-10-7-20-43(49)46-33-37(26-29-52(46)55)36-14-13-19-42(32-36)57-51-25-12-9-22-45(51)48-35-39(28-31-54(48)57)38-27-30-53-47(34-38)44-21-8-11-24-50(44)56(53)41-17-5-2-6-18-41;1-3-13-40(14-4-1)55-49-20-10-7-17-43(49)46-33-37(25-30-52(46)55)36-23-28-42(29-24-36)57-51-22-12-9-19-45(51)48-35-39(27-32-54(48)57)38-26-31-53-47(34-38)44-18-8-11-21-50(44)56(53)41-15-5-2-6-16-41/h2*1-35H. The number of fused-ring (bicyclic) bond motifs is 18. The minimum atomic E-state index is 1.15. The third-order valence-electron chi connectivity index (χ3n) is 23.7. The Morgan fingerprint density at radius 3 is 0.526 bits per heavy atom. The zero-order valence-corrected chi connectivity index (χ0v) is 62.1. The molecule has 114 heavy (non-hydrogen) atoms. The zero-order valence-electron chi connectivity index (χ0n) is 62.1. The molecule has 24 rings (SSSR count). The first-order chi connectivity index (χ1) is 56.6. The lowest BCUT2D eigenvalue weighted by atomic mass is 10.0. The Labute approximate surface area is 657 Å². The van der Waals surface area contributed by atoms with E-state index in [0.29, 0.717) is 0 Å². The highest BCUT2D eigenvalue weighted by atomic mass is 15.0. The molecule has 6 nitrogen and oxygen atoms in total. The number of nitrogens with zero attached hydrogens (tertiary/aromatic N) is 6. The van der Waals surface area contributed by atoms with Crippen LogP contribution in [0.25, 0.3) is 209 Å². The number of rotatable bonds is 10. The molecular formula is C108H70N6. The number of hydrogen-bond acceptors (Lipinski definition) is 0. The molecule has 6 heteroatoms. The molecule has 6 heterocycles. The van der Waals surface area contributed by atoms with E-state index in [2.05, 4.69) is 452 Å². The normalized spacial score (nSPS) is 11.9. The molecule has 0 aliphatic rings. The highest BCUT2D eigenvalue weighted by Crippen LogP contribution is 2.44. The molecule has 6 aromatic heterocycles. The Morgan fingerprint density at radius 2 is 0.272 bits per heavy atom. The van der Waals surface area contributed by atoms with Gasteiger partial charge >= 0.3 is 0 Å². The monoisotopic (exact) mass is 1450 g/mol. The van der Waals surface area contributed by atoms with Gasteiger partial charge in [-0.3, -0.25) is 0 Å². The lowest BCUT2D eigenvalue weighted by Crippen LogP contribution is -1.94. The molecule has 18 aromatic carbocycles. The fraction of sp³-hybridized carbons (Fsp3) is 0. The van der Waals surface area contributed by atoms with E-state index in [1.807, 2.05) is 0 Å². The second kappa shape index (κ2) is 26.2. The van der Waals surface area contributed by atoms with E-state index < -0.39 is 0 Å². The summed E-state index contributed by atoms with van der Waals surface area (Å²) < 4.78 is 14.3. The summed E-state index contributed by atoms with van der Waals surface area (Å²) in [7, 11) is 0. The molecule has 0 N–H and O–H groups in total. The van der Waals surface area contributed by atoms with Crippen LogP contribution < -0.4 is 0 Å². The van der Waals surface area contributed by atoms with Crippen LogP contribution >= 0.6 is 0 Å². The quantitative estimate of drug-likeness (QED) is 0.131. The average molecular weight is 1450 g/mol. The second-order valence-corrected chi connectivity index (χ2v) is 29.9. The van der Waals surface area contributed by atoms with Crippen molar-refractivity contribution in [2.75, 3.05) is 0 Å². The molecule has 0 bridgehead atoms. The van der Waals surface area contributed by atoms with Crippen LogP contribution in [0.4, 0.5) is 0 Å². The van der Waals surface area contributed by atoms with E-state index >= 15 is 0 Å². The molecule has 0 aliphatic heterocycles. The van der Waals surface area contributed by atoms with Crippen LogP contribution in [0.5, 0.6) is 0 Å². The molecule has 0 saturated carbocycles. The van der Waals surface area contributed by atoms with E-state index in [9.17, 15) is 0 Å². The van der Waals surface area contributed by atoms with Gasteiger partial charge in [-0.25, -0.2) is 0 Å². The van der Waals surface area contributed by atoms with Crippen molar-refractivity contribution in [3.05, 3.63) is 425 Å². The summed E-state index contributed by atoms with van der Waals surface area (Å²) in [5, 5.41) is 15.1. The van der Waals surface area contributed by atoms with Crippen molar-refractivity contribution < 1.29 is 0 Å². The third kappa shape index (κ3) is 10.4. The summed E-state index contributed by atoms with van der Waals surface area (Å²) in [4.78, 5) is 0. The van der Waals surface area contributed by atoms with Crippen molar-refractivity contribution in [2.24, 2.45) is 0 Å². The highest BCUT2D eigenvalue weighted by Gasteiger charge is 2.22. The Kier molecular flexibility index (Phi) is 14.9. The van der Waals surface area contributed by atoms with E-state index in [-0.39, 0.29) is 0 Å². The summed E-state index contributed by atoms with van der Waals surface area (Å²) >= 11 is 0. The molecule has 0 fully saturated rings. The van der Waals surface area contributed by atoms with Crippen molar-refractivity contribution in [1.82, 2.24) is 27.4 Å². The average Bonchev–Trinajstić information content (AvgIpc) is 1.69. The van der Waals surface area contributed by atoms with Gasteiger partial charge in [0.25, 0.3) is 0 Å². The summed E-state index contributed by atoms with van der Waals surface area (Å²) in [5.74, 6) is 0. The van der Waals surface area contributed by atoms with Gasteiger partial charge in [0.1, 0.15) is 0 Å². The van der Waals surface area contributed by atoms with Gasteiger partial charge in [-0.2, -0.15) is 0 Å². The van der Waals surface area contributed by atoms with Crippen LogP contribution in [0.15, 0.2) is 425 Å². The number of benzene rings is 18. The first kappa shape index (κ1) is 64.7. The van der Waals surface area contributed by atoms with Crippen LogP contribution in [-0.2, 0) is 0 Å². The Morgan fingerprint density at radius 1 is 0.0965 bits per heavy atom. The summed E-state index contributed by atoms with van der Waals surface area (Å²) in [6, 6.07) is 155. The molecule has 0 aliphatic carbocycles. The predicted octanol–water partition coefficient (Wildman–Crippen LogP) is 28.6. The van der Waals surface area contributed by atoms with Crippen LogP contribution in [-0.4, -0.2) is 27.4 Å². The smallest absolute Gasteiger partial charge is 0.0541 e. The van der Waals surface area contributed by atoms with Crippen molar-refractivity contribution in [3.8, 4) is 78.6 Å². The summed E-state index contributed by atoms with van der Waals surface area (Å²) in [6.07, 6.45) is 0. The van der Waals surface area contributed by atoms with Gasteiger partial charge in [0.2, 0.25) is 0 Å². The summed E-state index contributed by atoms with van der Waals surface area (Å²) in [5.41, 5.74) is 31.1. The first-order valence-electron chi connectivity index (χ1n) is 39.2. The Hall–Kier alpha value is -15.2. The maximum atomic E-state index is 2.43. The lowest BCUT2D eigenvalue weighted by molar-refractivity contribution is 1.18. The SMILES string of the molecule is c1ccc(-n2c3ccccc3c3cc(-c4ccc(-n5c6ccccc6c6cc(-c7ccc8c(c7)c7ccccc7n8-c7ccccc7)ccc65)cc4)ccc32)cc1.c1ccc(-n2c3ccccc3c3cc(-c4cccc(-n5c6ccccc6c6cc(-c7ccc8c(c7)c7ccccc7n8-c7ccccc7)ccc65)c4)ccc32)cc1. The van der Waals surface area contributed by atoms with Crippen LogP contribution in [0.1, 0.15) is 0 Å². The van der Waals surface area contributed by atoms with Crippen LogP contribution in [0.2, 0.25) is 0 Å². The number of para-hydroxylation sites is 10. The topological polar surface area (TPSA) is 29.6 Å². The van der Waals surface area contributed by atoms with Gasteiger partial charge in [-0.15, -0.1) is 0 Å². The number of aromatic nitrogens is 6. The minimum absolute atomic E-state index is 1.15. The van der Waals surface area contributed by atoms with Crippen molar-refractivity contribution in [3.63, 3.8) is 0 Å². The second-order valence-electron chi connectivity index (χ2n) is 29.9. The fourth-order valence-corrected chi connectivity index (χ4v) is 18.5. The maximum Gasteiger partial charge on any atom is 0.0541 e. The first-order valence-corrected chi connectivity index (χ1v) is 39.2. The molecule has 0 spiro atoms. The third-order valence-corrected chi connectivity index (χ3v) is 23.7. The van der Waals surface area contributed by atoms with Gasteiger partial charge in [-0.05, 0) is 226 Å². The largest absolute Gasteiger partial charge is 0.309 e. The van der Waals surface area contributed by atoms with E-state index in [1.54, 1.807) is 0 Å². The molecule has 0 saturated heterocycles. The molecular weight excluding hydrogens is 1380 g/mol. The molecule has 0 unspecified atom stereocenters. The van der Waals surface area contributed by atoms with E-state index in [1.165, 1.54) is 198 Å². The fourth-order valence-electron chi connectivity index (χ4n) is 18.5. The molecule has 532 valence electrons. The molecule has 0 atom stereocenters. The molecule has 0 amide bonds. The van der Waals surface area contributed by atoms with Gasteiger partial charge in [0, 0.05) is 98.8 Å². The highest BCUT2D eigenvalue weighted by molar-refractivity contribution is 6.17. The van der Waals surface area contributed by atoms with Crippen LogP contribution in [0.3, 0.4) is 0 Å². The molecule has 0 radical (unpaired) electrons. The maximum absolute atomic E-state index is 2.43. The van der Waals surface area contributed by atoms with Crippen LogP contribution in [0, 0.1) is 0 Å². The van der Waals surface area contributed by atoms with Gasteiger partial charge in [-0.1, -0.05) is 243 Å². The van der Waals surface area contributed by atoms with Gasteiger partial charge in [0.15, 0.2) is 0 Å². The minimum Gasteiger partial charge on any atom is -0.309 e. The predicted molar refractivity (Wildman–Crippen MR) is 481 cm³/mol. The van der Waals surface area contributed by atoms with Crippen molar-refractivity contribution >= 4 is 131 Å². The van der Waals surface area contributed by atoms with Gasteiger partial charge < -0.3 is 27.4 Å². The zero-order chi connectivity index (χ0) is 74.9. The number of hydrogen-bond donors (Lipinski definition) is 0. The van der Waals surface area contributed by atoms with Gasteiger partial charge in [0.05, 0.1) is 66.2 Å². The Balaban J connectivity index is 0.000000135. The van der Waals surface area contributed by atoms with Crippen molar-refractivity contribution in [1.29, 1.82) is 0 Å². The lowest BCUT2D eigenvalue weighted by Gasteiger charge is -2.11. The molecule has 24 aromatic rings. The van der Waals surface area contributed by atoms with E-state index in [0.717, 1.165) is 11.4 Å². The summed E-state index contributed by atoms with van der Waals surface area (Å²) in [6.45, 7) is 0. The van der Waals surface area contributed by atoms with Crippen molar-refractivity contribution in [2.45, 2.75) is 0 Å². The Bertz CT molecular complexity index is 7950.